The molecule has 0 radical (unpaired) electrons. The quantitative estimate of drug-likeness (QED) is 0.166. The van der Waals surface area contributed by atoms with Gasteiger partial charge < -0.3 is 10.6 Å². The second-order valence-corrected chi connectivity index (χ2v) is 14.3. The van der Waals surface area contributed by atoms with Gasteiger partial charge >= 0.3 is 0 Å². The number of carbonyl (C=O) groups is 2. The molecule has 46 heavy (non-hydrogen) atoms. The van der Waals surface area contributed by atoms with Crippen LogP contribution in [0.4, 0.5) is 22.7 Å². The van der Waals surface area contributed by atoms with Gasteiger partial charge in [0.1, 0.15) is 0 Å². The Morgan fingerprint density at radius 2 is 0.848 bits per heavy atom. The molecule has 0 atom stereocenters. The summed E-state index contributed by atoms with van der Waals surface area (Å²) in [4.78, 5) is 27.1. The SMILES string of the molecule is CCNS(C)(=O)=O.CCNS(C)(=O)=O.Cc1ccc(Nc2ccc(Nc3ccc(C)cc3)c3c2C(=O)c2ccccc2C3=O)cc1. The van der Waals surface area contributed by atoms with Crippen LogP contribution in [0.2, 0.25) is 0 Å². The fourth-order valence-corrected chi connectivity index (χ4v) is 5.59. The molecule has 0 unspecified atom stereocenters. The van der Waals surface area contributed by atoms with Crippen molar-refractivity contribution in [2.24, 2.45) is 0 Å². The van der Waals surface area contributed by atoms with E-state index in [-0.39, 0.29) is 11.6 Å². The average molecular weight is 665 g/mol. The second-order valence-electron chi connectivity index (χ2n) is 10.6. The van der Waals surface area contributed by atoms with E-state index in [4.69, 9.17) is 0 Å². The lowest BCUT2D eigenvalue weighted by atomic mass is 9.82. The lowest BCUT2D eigenvalue weighted by Gasteiger charge is -2.24. The van der Waals surface area contributed by atoms with E-state index in [1.807, 2.05) is 74.5 Å². The van der Waals surface area contributed by atoms with Crippen LogP contribution in [0, 0.1) is 13.8 Å². The highest BCUT2D eigenvalue weighted by molar-refractivity contribution is 7.89. The van der Waals surface area contributed by atoms with E-state index in [1.54, 1.807) is 38.1 Å². The smallest absolute Gasteiger partial charge is 0.208 e. The lowest BCUT2D eigenvalue weighted by molar-refractivity contribution is 0.0980. The van der Waals surface area contributed by atoms with Gasteiger partial charge in [-0.3, -0.25) is 9.59 Å². The van der Waals surface area contributed by atoms with Crippen molar-refractivity contribution in [1.82, 2.24) is 9.44 Å². The molecule has 1 aliphatic carbocycles. The minimum Gasteiger partial charge on any atom is -0.355 e. The number of sulfonamides is 2. The zero-order valence-electron chi connectivity index (χ0n) is 26.8. The molecule has 0 spiro atoms. The first kappa shape index (κ1) is 36.1. The van der Waals surface area contributed by atoms with E-state index in [0.717, 1.165) is 35.0 Å². The standard InChI is InChI=1S/C28H22N2O2.2C3H9NO2S/c1-17-7-11-19(12-8-17)29-23-15-16-24(30-20-13-9-18(2)10-14-20)26-25(23)27(31)21-5-3-4-6-22(21)28(26)32;2*1-3-4-7(2,5)6/h3-16,29-30H,1-2H3;2*4H,3H2,1-2H3. The van der Waals surface area contributed by atoms with Crippen LogP contribution in [0.25, 0.3) is 0 Å². The molecule has 244 valence electrons. The highest BCUT2D eigenvalue weighted by Gasteiger charge is 2.34. The topological polar surface area (TPSA) is 151 Å². The zero-order valence-corrected chi connectivity index (χ0v) is 28.4. The van der Waals surface area contributed by atoms with E-state index < -0.39 is 20.0 Å². The van der Waals surface area contributed by atoms with Crippen molar-refractivity contribution in [3.63, 3.8) is 0 Å². The maximum absolute atomic E-state index is 13.5. The zero-order chi connectivity index (χ0) is 34.1. The van der Waals surface area contributed by atoms with E-state index >= 15 is 0 Å². The molecule has 0 saturated carbocycles. The van der Waals surface area contributed by atoms with Crippen molar-refractivity contribution in [1.29, 1.82) is 0 Å². The van der Waals surface area contributed by atoms with E-state index in [0.29, 0.717) is 46.7 Å². The number of nitrogens with one attached hydrogen (secondary N) is 4. The number of anilines is 4. The molecule has 0 fully saturated rings. The Bertz CT molecular complexity index is 1770. The summed E-state index contributed by atoms with van der Waals surface area (Å²) in [6.45, 7) is 8.46. The van der Waals surface area contributed by atoms with Gasteiger partial charge in [0.2, 0.25) is 20.0 Å². The van der Waals surface area contributed by atoms with E-state index in [9.17, 15) is 26.4 Å². The second kappa shape index (κ2) is 15.8. The number of benzene rings is 4. The van der Waals surface area contributed by atoms with Crippen molar-refractivity contribution < 1.29 is 26.4 Å². The van der Waals surface area contributed by atoms with Crippen molar-refractivity contribution >= 4 is 54.4 Å². The largest absolute Gasteiger partial charge is 0.355 e. The summed E-state index contributed by atoms with van der Waals surface area (Å²) in [5, 5.41) is 6.68. The molecule has 0 bridgehead atoms. The Morgan fingerprint density at radius 1 is 0.522 bits per heavy atom. The summed E-state index contributed by atoms with van der Waals surface area (Å²) < 4.78 is 45.0. The van der Waals surface area contributed by atoms with Gasteiger partial charge in [0.05, 0.1) is 35.0 Å². The summed E-state index contributed by atoms with van der Waals surface area (Å²) >= 11 is 0. The van der Waals surface area contributed by atoms with Gasteiger partial charge in [-0.2, -0.15) is 0 Å². The minimum absolute atomic E-state index is 0.155. The molecule has 12 heteroatoms. The number of hydrogen-bond acceptors (Lipinski definition) is 8. The van der Waals surface area contributed by atoms with Gasteiger partial charge in [-0.25, -0.2) is 26.3 Å². The number of carbonyl (C=O) groups excluding carboxylic acids is 2. The third-order valence-corrected chi connectivity index (χ3v) is 8.18. The molecule has 0 aliphatic heterocycles. The van der Waals surface area contributed by atoms with Crippen LogP contribution in [-0.2, 0) is 20.0 Å². The summed E-state index contributed by atoms with van der Waals surface area (Å²) in [7, 11) is -5.85. The molecule has 4 N–H and O–H groups in total. The molecule has 0 aromatic heterocycles. The first-order valence-corrected chi connectivity index (χ1v) is 18.3. The predicted molar refractivity (Wildman–Crippen MR) is 186 cm³/mol. The Hall–Kier alpha value is -4.36. The van der Waals surface area contributed by atoms with Crippen LogP contribution in [0.1, 0.15) is 56.8 Å². The highest BCUT2D eigenvalue weighted by Crippen LogP contribution is 2.38. The summed E-state index contributed by atoms with van der Waals surface area (Å²) in [6, 6.07) is 26.6. The third kappa shape index (κ3) is 10.3. The Labute approximate surface area is 271 Å². The Kier molecular flexibility index (Phi) is 12.4. The summed E-state index contributed by atoms with van der Waals surface area (Å²) in [6.07, 6.45) is 2.27. The molecule has 0 heterocycles. The van der Waals surface area contributed by atoms with Gasteiger partial charge in [-0.15, -0.1) is 0 Å². The molecule has 0 saturated heterocycles. The van der Waals surface area contributed by atoms with Crippen molar-refractivity contribution in [3.05, 3.63) is 118 Å². The van der Waals surface area contributed by atoms with Crippen molar-refractivity contribution in [2.45, 2.75) is 27.7 Å². The summed E-state index contributed by atoms with van der Waals surface area (Å²) in [5.41, 5.74) is 6.90. The average Bonchev–Trinajstić information content (AvgIpc) is 2.98. The molecular weight excluding hydrogens is 625 g/mol. The predicted octanol–water partition coefficient (Wildman–Crippen LogP) is 5.68. The van der Waals surface area contributed by atoms with Crippen LogP contribution in [0.15, 0.2) is 84.9 Å². The molecular formula is C34H40N4O6S2. The fraction of sp³-hybridized carbons (Fsp3) is 0.235. The van der Waals surface area contributed by atoms with Crippen LogP contribution < -0.4 is 20.1 Å². The Balaban J connectivity index is 0.000000345. The first-order chi connectivity index (χ1) is 21.6. The molecule has 0 amide bonds. The van der Waals surface area contributed by atoms with Crippen LogP contribution in [0.5, 0.6) is 0 Å². The van der Waals surface area contributed by atoms with Crippen molar-refractivity contribution in [3.8, 4) is 0 Å². The number of fused-ring (bicyclic) bond motifs is 2. The Morgan fingerprint density at radius 3 is 1.11 bits per heavy atom. The minimum atomic E-state index is -2.92. The first-order valence-electron chi connectivity index (χ1n) is 14.6. The molecule has 5 rings (SSSR count). The van der Waals surface area contributed by atoms with Gasteiger partial charge in [-0.1, -0.05) is 73.5 Å². The molecule has 4 aromatic rings. The lowest BCUT2D eigenvalue weighted by Crippen LogP contribution is -2.23. The number of hydrogen-bond donors (Lipinski definition) is 4. The van der Waals surface area contributed by atoms with Gasteiger partial charge in [0.25, 0.3) is 0 Å². The number of aryl methyl sites for hydroxylation is 2. The highest BCUT2D eigenvalue weighted by atomic mass is 32.2. The molecule has 10 nitrogen and oxygen atoms in total. The normalized spacial score (nSPS) is 12.0. The van der Waals surface area contributed by atoms with Crippen molar-refractivity contribution in [2.75, 3.05) is 36.2 Å². The summed E-state index contributed by atoms with van der Waals surface area (Å²) in [5.74, 6) is -0.310. The van der Waals surface area contributed by atoms with Crippen LogP contribution >= 0.6 is 0 Å². The maximum atomic E-state index is 13.5. The molecule has 1 aliphatic rings. The third-order valence-electron chi connectivity index (χ3n) is 6.55. The van der Waals surface area contributed by atoms with E-state index in [1.165, 1.54) is 0 Å². The number of rotatable bonds is 8. The number of ketones is 2. The fourth-order valence-electron chi connectivity index (χ4n) is 4.54. The van der Waals surface area contributed by atoms with E-state index in [2.05, 4.69) is 20.1 Å². The van der Waals surface area contributed by atoms with Gasteiger partial charge in [-0.05, 0) is 50.2 Å². The van der Waals surface area contributed by atoms with Gasteiger partial charge in [0, 0.05) is 35.6 Å². The van der Waals surface area contributed by atoms with Crippen LogP contribution in [-0.4, -0.2) is 54.0 Å². The van der Waals surface area contributed by atoms with Crippen LogP contribution in [0.3, 0.4) is 0 Å². The maximum Gasteiger partial charge on any atom is 0.208 e. The van der Waals surface area contributed by atoms with Gasteiger partial charge in [0.15, 0.2) is 11.6 Å². The molecule has 4 aromatic carbocycles. The monoisotopic (exact) mass is 664 g/mol.